The van der Waals surface area contributed by atoms with Crippen LogP contribution in [0.2, 0.25) is 0 Å². The quantitative estimate of drug-likeness (QED) is 0.693. The van der Waals surface area contributed by atoms with Gasteiger partial charge in [0.15, 0.2) is 0 Å². The van der Waals surface area contributed by atoms with Crippen molar-refractivity contribution < 1.29 is 0 Å². The SMILES string of the molecule is CC(C)(C)S[Se]SC(C)(C)C. The molecule has 0 heterocycles. The molecule has 0 N–H and O–H groups in total. The normalized spacial score (nSPS) is 13.6. The molecule has 0 aromatic rings. The third-order valence-corrected chi connectivity index (χ3v) is 11.0. The van der Waals surface area contributed by atoms with Gasteiger partial charge in [0.25, 0.3) is 0 Å². The first-order valence-corrected chi connectivity index (χ1v) is 9.42. The fraction of sp³-hybridized carbons (Fsp3) is 1.00. The van der Waals surface area contributed by atoms with E-state index < -0.39 is 0 Å². The number of hydrogen-bond donors (Lipinski definition) is 0. The van der Waals surface area contributed by atoms with Crippen LogP contribution in [0.15, 0.2) is 0 Å². The van der Waals surface area contributed by atoms with Crippen molar-refractivity contribution in [3.05, 3.63) is 0 Å². The average molecular weight is 257 g/mol. The van der Waals surface area contributed by atoms with Crippen LogP contribution < -0.4 is 0 Å². The van der Waals surface area contributed by atoms with Gasteiger partial charge < -0.3 is 0 Å². The summed E-state index contributed by atoms with van der Waals surface area (Å²) in [6.45, 7) is 13.7. The molecule has 0 saturated carbocycles. The second-order valence-corrected chi connectivity index (χ2v) is 12.5. The molecule has 0 rings (SSSR count). The fourth-order valence-electron chi connectivity index (χ4n) is 0.221. The van der Waals surface area contributed by atoms with Crippen molar-refractivity contribution in [1.82, 2.24) is 0 Å². The Morgan fingerprint density at radius 3 is 1.18 bits per heavy atom. The summed E-state index contributed by atoms with van der Waals surface area (Å²) < 4.78 is 0.885. The summed E-state index contributed by atoms with van der Waals surface area (Å²) in [6, 6.07) is 0. The van der Waals surface area contributed by atoms with Crippen LogP contribution >= 0.6 is 20.4 Å². The van der Waals surface area contributed by atoms with Gasteiger partial charge in [-0.15, -0.1) is 0 Å². The van der Waals surface area contributed by atoms with Gasteiger partial charge in [-0.3, -0.25) is 0 Å². The van der Waals surface area contributed by atoms with E-state index in [0.717, 1.165) is 0 Å². The molecule has 0 fully saturated rings. The van der Waals surface area contributed by atoms with Crippen molar-refractivity contribution in [2.24, 2.45) is 0 Å². The van der Waals surface area contributed by atoms with Crippen LogP contribution in [0.3, 0.4) is 0 Å². The van der Waals surface area contributed by atoms with Crippen LogP contribution in [0.5, 0.6) is 0 Å². The van der Waals surface area contributed by atoms with E-state index in [-0.39, 0.29) is 0 Å². The molecule has 0 aromatic carbocycles. The van der Waals surface area contributed by atoms with Crippen molar-refractivity contribution >= 4 is 33.1 Å². The summed E-state index contributed by atoms with van der Waals surface area (Å²) in [6.07, 6.45) is 0. The molecule has 0 bridgehead atoms. The second kappa shape index (κ2) is 4.45. The first kappa shape index (κ1) is 12.2. The van der Waals surface area contributed by atoms with Crippen LogP contribution in [-0.2, 0) is 0 Å². The van der Waals surface area contributed by atoms with Gasteiger partial charge in [-0.05, 0) is 0 Å². The third-order valence-electron chi connectivity index (χ3n) is 0.568. The summed E-state index contributed by atoms with van der Waals surface area (Å²) in [5.41, 5.74) is 0. The molecule has 0 aliphatic heterocycles. The molecule has 0 spiro atoms. The van der Waals surface area contributed by atoms with Crippen LogP contribution in [0.25, 0.3) is 0 Å². The molecule has 0 aliphatic rings. The Balaban J connectivity index is 3.44. The van der Waals surface area contributed by atoms with Gasteiger partial charge in [0.1, 0.15) is 0 Å². The Labute approximate surface area is 84.0 Å². The zero-order valence-corrected chi connectivity index (χ0v) is 11.6. The second-order valence-electron chi connectivity index (χ2n) is 4.46. The zero-order chi connectivity index (χ0) is 9.12. The molecule has 0 radical (unpaired) electrons. The van der Waals surface area contributed by atoms with Gasteiger partial charge in [-0.1, -0.05) is 0 Å². The predicted molar refractivity (Wildman–Crippen MR) is 60.4 cm³/mol. The molecule has 11 heavy (non-hydrogen) atoms. The van der Waals surface area contributed by atoms with Crippen molar-refractivity contribution in [3.63, 3.8) is 0 Å². The van der Waals surface area contributed by atoms with E-state index in [1.54, 1.807) is 0 Å². The molecule has 0 amide bonds. The summed E-state index contributed by atoms with van der Waals surface area (Å²) in [7, 11) is 4.17. The van der Waals surface area contributed by atoms with Crippen LogP contribution in [0.1, 0.15) is 41.5 Å². The van der Waals surface area contributed by atoms with Crippen LogP contribution in [0.4, 0.5) is 0 Å². The zero-order valence-electron chi connectivity index (χ0n) is 8.22. The van der Waals surface area contributed by atoms with Gasteiger partial charge in [0.05, 0.1) is 0 Å². The number of rotatable bonds is 2. The number of hydrogen-bond acceptors (Lipinski definition) is 2. The topological polar surface area (TPSA) is 0 Å². The Morgan fingerprint density at radius 2 is 1.00 bits per heavy atom. The molecule has 0 nitrogen and oxygen atoms in total. The standard InChI is InChI=1S/C8H18S2Se/c1-7(2,3)9-11-10-8(4,5)6/h1-6H3. The van der Waals surface area contributed by atoms with Crippen LogP contribution in [-0.4, -0.2) is 22.2 Å². The average Bonchev–Trinajstić information content (AvgIpc) is 1.55. The Morgan fingerprint density at radius 1 is 0.727 bits per heavy atom. The third kappa shape index (κ3) is 11.2. The van der Waals surface area contributed by atoms with Crippen LogP contribution in [0, 0.1) is 0 Å². The van der Waals surface area contributed by atoms with E-state index in [1.807, 2.05) is 0 Å². The van der Waals surface area contributed by atoms with E-state index in [1.165, 1.54) is 0 Å². The molecule has 68 valence electrons. The molecule has 0 aliphatic carbocycles. The van der Waals surface area contributed by atoms with E-state index in [0.29, 0.717) is 22.2 Å². The maximum atomic E-state index is 2.28. The monoisotopic (exact) mass is 258 g/mol. The molecule has 3 heteroatoms. The van der Waals surface area contributed by atoms with Crippen molar-refractivity contribution in [3.8, 4) is 0 Å². The minimum atomic E-state index is 0.443. The first-order chi connectivity index (χ1) is 4.71. The summed E-state index contributed by atoms with van der Waals surface area (Å²) in [4.78, 5) is 0. The molecule has 0 saturated heterocycles. The summed E-state index contributed by atoms with van der Waals surface area (Å²) in [5.74, 6) is 0. The molecule has 0 atom stereocenters. The predicted octanol–water partition coefficient (Wildman–Crippen LogP) is 3.58. The van der Waals surface area contributed by atoms with Crippen molar-refractivity contribution in [2.45, 2.75) is 51.0 Å². The Bertz CT molecular complexity index is 96.2. The Hall–Kier alpha value is 1.22. The van der Waals surface area contributed by atoms with E-state index in [4.69, 9.17) is 0 Å². The first-order valence-electron chi connectivity index (χ1n) is 3.74. The van der Waals surface area contributed by atoms with Gasteiger partial charge in [-0.25, -0.2) is 0 Å². The van der Waals surface area contributed by atoms with E-state index in [2.05, 4.69) is 61.9 Å². The van der Waals surface area contributed by atoms with Gasteiger partial charge in [0, 0.05) is 0 Å². The summed E-state index contributed by atoms with van der Waals surface area (Å²) >= 11 is 0.677. The van der Waals surface area contributed by atoms with E-state index in [9.17, 15) is 0 Å². The van der Waals surface area contributed by atoms with Gasteiger partial charge in [-0.2, -0.15) is 0 Å². The van der Waals surface area contributed by atoms with E-state index >= 15 is 0 Å². The van der Waals surface area contributed by atoms with Crippen molar-refractivity contribution in [1.29, 1.82) is 0 Å². The Kier molecular flexibility index (Phi) is 4.95. The van der Waals surface area contributed by atoms with Gasteiger partial charge in [0.2, 0.25) is 0 Å². The maximum absolute atomic E-state index is 2.28. The fourth-order valence-corrected chi connectivity index (χ4v) is 10.3. The molecule has 0 unspecified atom stereocenters. The molecule has 0 aromatic heterocycles. The van der Waals surface area contributed by atoms with Gasteiger partial charge >= 0.3 is 84.1 Å². The summed E-state index contributed by atoms with van der Waals surface area (Å²) in [5, 5.41) is 0. The molecular weight excluding hydrogens is 239 g/mol. The van der Waals surface area contributed by atoms with Crippen molar-refractivity contribution in [2.75, 3.05) is 0 Å². The molecular formula is C8H18S2Se. The minimum absolute atomic E-state index is 0.443.